The summed E-state index contributed by atoms with van der Waals surface area (Å²) in [4.78, 5) is 2.38. The molecule has 1 aliphatic carbocycles. The first-order valence-corrected chi connectivity index (χ1v) is 7.66. The van der Waals surface area contributed by atoms with Crippen molar-refractivity contribution in [1.82, 2.24) is 4.90 Å². The Balaban J connectivity index is 1.83. The summed E-state index contributed by atoms with van der Waals surface area (Å²) in [5.41, 5.74) is 6.13. The van der Waals surface area contributed by atoms with Crippen molar-refractivity contribution in [2.45, 2.75) is 25.0 Å². The minimum Gasteiger partial charge on any atom is -0.398 e. The lowest BCUT2D eigenvalue weighted by atomic mass is 9.89. The number of morpholine rings is 1. The standard InChI is InChI=1S/C16H25N3O3/c1-16(20-2)11-13(12-17)14(18)10-15(16)22-7-3-4-19-5-8-21-9-6-19/h10-11,15H,3-9,18H2,1-2H3. The van der Waals surface area contributed by atoms with E-state index in [1.54, 1.807) is 19.3 Å². The summed E-state index contributed by atoms with van der Waals surface area (Å²) in [5, 5.41) is 9.08. The van der Waals surface area contributed by atoms with E-state index in [-0.39, 0.29) is 6.10 Å². The molecular formula is C16H25N3O3. The highest BCUT2D eigenvalue weighted by Gasteiger charge is 2.36. The first-order valence-electron chi connectivity index (χ1n) is 7.66. The molecule has 1 fully saturated rings. The molecule has 0 aromatic carbocycles. The van der Waals surface area contributed by atoms with Crippen molar-refractivity contribution in [3.63, 3.8) is 0 Å². The first kappa shape index (κ1) is 17.0. The van der Waals surface area contributed by atoms with Gasteiger partial charge in [0.15, 0.2) is 0 Å². The Morgan fingerprint density at radius 2 is 2.23 bits per heavy atom. The second-order valence-corrected chi connectivity index (χ2v) is 5.78. The SMILES string of the molecule is COC1(C)C=C(C#N)C(N)=CC1OCCCN1CCOCC1. The van der Waals surface area contributed by atoms with Gasteiger partial charge in [-0.05, 0) is 25.5 Å². The maximum Gasteiger partial charge on any atom is 0.114 e. The fraction of sp³-hybridized carbons (Fsp3) is 0.688. The largest absolute Gasteiger partial charge is 0.398 e. The minimum atomic E-state index is -0.660. The van der Waals surface area contributed by atoms with Crippen molar-refractivity contribution in [3.8, 4) is 6.07 Å². The fourth-order valence-electron chi connectivity index (χ4n) is 2.68. The van der Waals surface area contributed by atoms with Crippen LogP contribution in [0.1, 0.15) is 13.3 Å². The Morgan fingerprint density at radius 3 is 2.86 bits per heavy atom. The van der Waals surface area contributed by atoms with Gasteiger partial charge in [0.1, 0.15) is 17.8 Å². The summed E-state index contributed by atoms with van der Waals surface area (Å²) in [6, 6.07) is 2.09. The highest BCUT2D eigenvalue weighted by Crippen LogP contribution is 2.29. The summed E-state index contributed by atoms with van der Waals surface area (Å²) in [6.45, 7) is 7.12. The van der Waals surface area contributed by atoms with E-state index in [1.807, 2.05) is 6.92 Å². The van der Waals surface area contributed by atoms with Crippen LogP contribution in [-0.4, -0.2) is 63.2 Å². The highest BCUT2D eigenvalue weighted by atomic mass is 16.5. The van der Waals surface area contributed by atoms with Gasteiger partial charge in [-0.25, -0.2) is 0 Å². The Labute approximate surface area is 132 Å². The second kappa shape index (κ2) is 7.75. The molecule has 2 aliphatic rings. The van der Waals surface area contributed by atoms with Gasteiger partial charge in [-0.15, -0.1) is 0 Å². The van der Waals surface area contributed by atoms with Crippen molar-refractivity contribution in [3.05, 3.63) is 23.4 Å². The molecule has 1 aliphatic heterocycles. The summed E-state index contributed by atoms with van der Waals surface area (Å²) in [6.07, 6.45) is 4.18. The van der Waals surface area contributed by atoms with E-state index in [9.17, 15) is 0 Å². The zero-order chi connectivity index (χ0) is 16.0. The predicted octanol–water partition coefficient (Wildman–Crippen LogP) is 0.805. The molecule has 1 heterocycles. The molecule has 0 bridgehead atoms. The summed E-state index contributed by atoms with van der Waals surface area (Å²) >= 11 is 0. The molecule has 2 unspecified atom stereocenters. The van der Waals surface area contributed by atoms with Crippen LogP contribution in [0.25, 0.3) is 0 Å². The second-order valence-electron chi connectivity index (χ2n) is 5.78. The van der Waals surface area contributed by atoms with Crippen LogP contribution in [0.5, 0.6) is 0 Å². The third-order valence-corrected chi connectivity index (χ3v) is 4.22. The Kier molecular flexibility index (Phi) is 5.98. The van der Waals surface area contributed by atoms with Crippen LogP contribution in [0.3, 0.4) is 0 Å². The van der Waals surface area contributed by atoms with E-state index >= 15 is 0 Å². The number of nitrogens with two attached hydrogens (primary N) is 1. The molecule has 0 aromatic rings. The summed E-state index contributed by atoms with van der Waals surface area (Å²) in [5.74, 6) is 0. The molecule has 22 heavy (non-hydrogen) atoms. The number of nitrogens with zero attached hydrogens (tertiary/aromatic N) is 2. The number of rotatable bonds is 6. The molecular weight excluding hydrogens is 282 g/mol. The summed E-state index contributed by atoms with van der Waals surface area (Å²) < 4.78 is 16.8. The lowest BCUT2D eigenvalue weighted by molar-refractivity contribution is -0.0736. The number of allylic oxidation sites excluding steroid dienone is 1. The van der Waals surface area contributed by atoms with Gasteiger partial charge < -0.3 is 19.9 Å². The summed E-state index contributed by atoms with van der Waals surface area (Å²) in [7, 11) is 1.62. The molecule has 6 heteroatoms. The molecule has 6 nitrogen and oxygen atoms in total. The molecule has 0 saturated carbocycles. The molecule has 0 aromatic heterocycles. The van der Waals surface area contributed by atoms with Crippen LogP contribution in [-0.2, 0) is 14.2 Å². The van der Waals surface area contributed by atoms with E-state index in [4.69, 9.17) is 25.2 Å². The number of hydrogen-bond donors (Lipinski definition) is 1. The van der Waals surface area contributed by atoms with E-state index in [0.717, 1.165) is 39.3 Å². The molecule has 2 rings (SSSR count). The van der Waals surface area contributed by atoms with Crippen LogP contribution < -0.4 is 5.73 Å². The third kappa shape index (κ3) is 4.08. The molecule has 0 amide bonds. The maximum atomic E-state index is 9.08. The molecule has 0 radical (unpaired) electrons. The van der Waals surface area contributed by atoms with Crippen LogP contribution in [0.4, 0.5) is 0 Å². The van der Waals surface area contributed by atoms with Crippen molar-refractivity contribution >= 4 is 0 Å². The number of hydrogen-bond acceptors (Lipinski definition) is 6. The quantitative estimate of drug-likeness (QED) is 0.731. The zero-order valence-corrected chi connectivity index (χ0v) is 13.4. The van der Waals surface area contributed by atoms with Crippen LogP contribution in [0.2, 0.25) is 0 Å². The average molecular weight is 307 g/mol. The van der Waals surface area contributed by atoms with Gasteiger partial charge in [-0.1, -0.05) is 0 Å². The van der Waals surface area contributed by atoms with Crippen LogP contribution in [0, 0.1) is 11.3 Å². The van der Waals surface area contributed by atoms with Crippen molar-refractivity contribution in [1.29, 1.82) is 5.26 Å². The fourth-order valence-corrected chi connectivity index (χ4v) is 2.68. The van der Waals surface area contributed by atoms with Gasteiger partial charge in [0, 0.05) is 39.0 Å². The third-order valence-electron chi connectivity index (χ3n) is 4.22. The lowest BCUT2D eigenvalue weighted by Crippen LogP contribution is -2.43. The minimum absolute atomic E-state index is 0.278. The predicted molar refractivity (Wildman–Crippen MR) is 83.0 cm³/mol. The molecule has 2 atom stereocenters. The molecule has 2 N–H and O–H groups in total. The van der Waals surface area contributed by atoms with Crippen LogP contribution >= 0.6 is 0 Å². The number of ether oxygens (including phenoxy) is 3. The lowest BCUT2D eigenvalue weighted by Gasteiger charge is -2.35. The van der Waals surface area contributed by atoms with Gasteiger partial charge in [-0.2, -0.15) is 5.26 Å². The number of nitriles is 1. The van der Waals surface area contributed by atoms with Gasteiger partial charge in [0.05, 0.1) is 18.8 Å². The maximum absolute atomic E-state index is 9.08. The van der Waals surface area contributed by atoms with Crippen molar-refractivity contribution in [2.75, 3.05) is 46.6 Å². The Morgan fingerprint density at radius 1 is 1.50 bits per heavy atom. The van der Waals surface area contributed by atoms with Crippen molar-refractivity contribution in [2.24, 2.45) is 5.73 Å². The topological polar surface area (TPSA) is 80.7 Å². The average Bonchev–Trinajstić information content (AvgIpc) is 2.55. The van der Waals surface area contributed by atoms with Gasteiger partial charge in [-0.3, -0.25) is 4.90 Å². The van der Waals surface area contributed by atoms with Gasteiger partial charge >= 0.3 is 0 Å². The Hall–Kier alpha value is -1.39. The van der Waals surface area contributed by atoms with Gasteiger partial charge in [0.2, 0.25) is 0 Å². The van der Waals surface area contributed by atoms with E-state index < -0.39 is 5.60 Å². The van der Waals surface area contributed by atoms with E-state index in [0.29, 0.717) is 17.9 Å². The van der Waals surface area contributed by atoms with E-state index in [1.165, 1.54) is 0 Å². The normalized spacial score (nSPS) is 29.6. The van der Waals surface area contributed by atoms with Crippen molar-refractivity contribution < 1.29 is 14.2 Å². The van der Waals surface area contributed by atoms with E-state index in [2.05, 4.69) is 11.0 Å². The molecule has 0 spiro atoms. The molecule has 122 valence electrons. The monoisotopic (exact) mass is 307 g/mol. The molecule has 1 saturated heterocycles. The van der Waals surface area contributed by atoms with Crippen LogP contribution in [0.15, 0.2) is 23.4 Å². The zero-order valence-electron chi connectivity index (χ0n) is 13.4. The van der Waals surface area contributed by atoms with Gasteiger partial charge in [0.25, 0.3) is 0 Å². The number of methoxy groups -OCH3 is 1. The smallest absolute Gasteiger partial charge is 0.114 e. The highest BCUT2D eigenvalue weighted by molar-refractivity contribution is 5.46. The Bertz CT molecular complexity index is 478. The first-order chi connectivity index (χ1) is 10.6.